The molecule has 0 aliphatic carbocycles. The predicted molar refractivity (Wildman–Crippen MR) is 65.4 cm³/mol. The van der Waals surface area contributed by atoms with Crippen LogP contribution >= 0.6 is 11.6 Å². The monoisotopic (exact) mass is 272 g/mol. The van der Waals surface area contributed by atoms with Gasteiger partial charge in [-0.2, -0.15) is 0 Å². The highest BCUT2D eigenvalue weighted by Crippen LogP contribution is 2.18. The summed E-state index contributed by atoms with van der Waals surface area (Å²) in [5.74, 6) is -2.40. The second-order valence-electron chi connectivity index (χ2n) is 3.29. The molecule has 0 saturated heterocycles. The topological polar surface area (TPSA) is 78.4 Å². The number of hydrogen-bond donors (Lipinski definition) is 3. The quantitative estimate of drug-likeness (QED) is 0.787. The van der Waals surface area contributed by atoms with Crippen LogP contribution in [0, 0.1) is 5.82 Å². The van der Waals surface area contributed by atoms with Crippen LogP contribution in [0.3, 0.4) is 0 Å². The van der Waals surface area contributed by atoms with Crippen molar-refractivity contribution in [3.63, 3.8) is 0 Å². The third kappa shape index (κ3) is 3.74. The lowest BCUT2D eigenvalue weighted by molar-refractivity contribution is 0.0693. The van der Waals surface area contributed by atoms with Crippen molar-refractivity contribution in [1.82, 2.24) is 5.32 Å². The second kappa shape index (κ2) is 6.02. The molecule has 0 saturated carbocycles. The number of anilines is 1. The maximum Gasteiger partial charge on any atom is 0.340 e. The van der Waals surface area contributed by atoms with E-state index >= 15 is 0 Å². The van der Waals surface area contributed by atoms with Crippen LogP contribution in [0.2, 0.25) is 0 Å². The molecule has 0 radical (unpaired) electrons. The lowest BCUT2D eigenvalue weighted by Crippen LogP contribution is -2.30. The first-order valence-electron chi connectivity index (χ1n) is 4.81. The van der Waals surface area contributed by atoms with Crippen molar-refractivity contribution in [2.75, 3.05) is 11.9 Å². The Labute approximate surface area is 107 Å². The van der Waals surface area contributed by atoms with E-state index in [1.807, 2.05) is 0 Å². The van der Waals surface area contributed by atoms with Crippen molar-refractivity contribution in [1.29, 1.82) is 0 Å². The molecule has 0 heterocycles. The van der Waals surface area contributed by atoms with Crippen LogP contribution in [0.4, 0.5) is 14.9 Å². The number of aromatic carboxylic acids is 1. The number of amides is 2. The second-order valence-corrected chi connectivity index (χ2v) is 3.83. The van der Waals surface area contributed by atoms with Crippen molar-refractivity contribution in [3.8, 4) is 0 Å². The van der Waals surface area contributed by atoms with Gasteiger partial charge in [-0.15, -0.1) is 0 Å². The van der Waals surface area contributed by atoms with Gasteiger partial charge in [0.15, 0.2) is 0 Å². The molecule has 0 aromatic heterocycles. The van der Waals surface area contributed by atoms with Crippen LogP contribution in [0.1, 0.15) is 10.4 Å². The first-order valence-corrected chi connectivity index (χ1v) is 5.19. The van der Waals surface area contributed by atoms with Crippen LogP contribution < -0.4 is 10.6 Å². The van der Waals surface area contributed by atoms with Gasteiger partial charge in [-0.3, -0.25) is 0 Å². The fourth-order valence-electron chi connectivity index (χ4n) is 1.19. The summed E-state index contributed by atoms with van der Waals surface area (Å²) < 4.78 is 13.3. The Hall–Kier alpha value is -2.08. The van der Waals surface area contributed by atoms with Gasteiger partial charge < -0.3 is 15.7 Å². The summed E-state index contributed by atoms with van der Waals surface area (Å²) in [6.45, 7) is 3.38. The molecule has 0 fully saturated rings. The summed E-state index contributed by atoms with van der Waals surface area (Å²) in [5, 5.41) is 13.6. The SMILES string of the molecule is C=C(Cl)CNC(=O)Nc1cccc(F)c1C(=O)O. The van der Waals surface area contributed by atoms with Gasteiger partial charge >= 0.3 is 12.0 Å². The van der Waals surface area contributed by atoms with Gasteiger partial charge in [0, 0.05) is 5.03 Å². The number of hydrogen-bond acceptors (Lipinski definition) is 2. The fraction of sp³-hybridized carbons (Fsp3) is 0.0909. The summed E-state index contributed by atoms with van der Waals surface area (Å²) >= 11 is 5.44. The Balaban J connectivity index is 2.84. The van der Waals surface area contributed by atoms with Crippen LogP contribution in [0.5, 0.6) is 0 Å². The molecule has 3 N–H and O–H groups in total. The van der Waals surface area contributed by atoms with E-state index in [1.165, 1.54) is 12.1 Å². The summed E-state index contributed by atoms with van der Waals surface area (Å²) in [7, 11) is 0. The van der Waals surface area contributed by atoms with Crippen molar-refractivity contribution < 1.29 is 19.1 Å². The molecule has 96 valence electrons. The maximum absolute atomic E-state index is 13.3. The summed E-state index contributed by atoms with van der Waals surface area (Å²) in [5.41, 5.74) is -0.738. The number of halogens is 2. The van der Waals surface area contributed by atoms with Gasteiger partial charge in [-0.25, -0.2) is 14.0 Å². The Bertz CT molecular complexity index is 505. The zero-order valence-electron chi connectivity index (χ0n) is 9.17. The van der Waals surface area contributed by atoms with Crippen LogP contribution in [0.25, 0.3) is 0 Å². The van der Waals surface area contributed by atoms with E-state index < -0.39 is 23.4 Å². The molecule has 7 heteroatoms. The number of carboxylic acids is 1. The van der Waals surface area contributed by atoms with Crippen LogP contribution in [0.15, 0.2) is 29.8 Å². The minimum Gasteiger partial charge on any atom is -0.478 e. The highest BCUT2D eigenvalue weighted by atomic mass is 35.5. The number of carbonyl (C=O) groups is 2. The minimum absolute atomic E-state index is 0.0190. The smallest absolute Gasteiger partial charge is 0.340 e. The first kappa shape index (κ1) is 14.0. The molecule has 0 atom stereocenters. The third-order valence-electron chi connectivity index (χ3n) is 1.92. The van der Waals surface area contributed by atoms with Gasteiger partial charge in [0.05, 0.1) is 12.2 Å². The predicted octanol–water partition coefficient (Wildman–Crippen LogP) is 2.40. The Morgan fingerprint density at radius 1 is 1.44 bits per heavy atom. The van der Waals surface area contributed by atoms with Gasteiger partial charge in [0.2, 0.25) is 0 Å². The average Bonchev–Trinajstić information content (AvgIpc) is 2.26. The lowest BCUT2D eigenvalue weighted by Gasteiger charge is -2.09. The molecule has 1 aromatic carbocycles. The molecule has 1 aromatic rings. The average molecular weight is 273 g/mol. The molecule has 2 amide bonds. The summed E-state index contributed by atoms with van der Waals surface area (Å²) in [6, 6.07) is 2.86. The molecule has 0 aliphatic rings. The van der Waals surface area contributed by atoms with E-state index in [2.05, 4.69) is 17.2 Å². The molecule has 0 bridgehead atoms. The molecule has 18 heavy (non-hydrogen) atoms. The van der Waals surface area contributed by atoms with E-state index in [0.29, 0.717) is 0 Å². The fourth-order valence-corrected chi connectivity index (χ4v) is 1.26. The molecule has 5 nitrogen and oxygen atoms in total. The standard InChI is InChI=1S/C11H10ClFN2O3/c1-6(12)5-14-11(18)15-8-4-2-3-7(13)9(8)10(16)17/h2-4H,1,5H2,(H,16,17)(H2,14,15,18). The number of carbonyl (C=O) groups excluding carboxylic acids is 1. The number of rotatable bonds is 4. The largest absolute Gasteiger partial charge is 0.478 e. The highest BCUT2D eigenvalue weighted by Gasteiger charge is 2.16. The zero-order valence-corrected chi connectivity index (χ0v) is 9.92. The maximum atomic E-state index is 13.3. The van der Waals surface area contributed by atoms with Gasteiger partial charge in [0.25, 0.3) is 0 Å². The highest BCUT2D eigenvalue weighted by molar-refractivity contribution is 6.29. The van der Waals surface area contributed by atoms with E-state index in [9.17, 15) is 14.0 Å². The van der Waals surface area contributed by atoms with Crippen LogP contribution in [-0.2, 0) is 0 Å². The molecule has 0 spiro atoms. The van der Waals surface area contributed by atoms with E-state index in [1.54, 1.807) is 0 Å². The summed E-state index contributed by atoms with van der Waals surface area (Å²) in [6.07, 6.45) is 0. The Morgan fingerprint density at radius 2 is 2.11 bits per heavy atom. The first-order chi connectivity index (χ1) is 8.41. The lowest BCUT2D eigenvalue weighted by atomic mass is 10.1. The Morgan fingerprint density at radius 3 is 2.67 bits per heavy atom. The number of benzene rings is 1. The molecule has 0 aliphatic heterocycles. The van der Waals surface area contributed by atoms with Gasteiger partial charge in [-0.1, -0.05) is 24.2 Å². The minimum atomic E-state index is -1.47. The number of carboxylic acid groups (broad SMARTS) is 1. The van der Waals surface area contributed by atoms with E-state index in [-0.39, 0.29) is 17.3 Å². The number of urea groups is 1. The number of nitrogens with one attached hydrogen (secondary N) is 2. The van der Waals surface area contributed by atoms with Gasteiger partial charge in [0.1, 0.15) is 11.4 Å². The van der Waals surface area contributed by atoms with Crippen LogP contribution in [-0.4, -0.2) is 23.7 Å². The zero-order chi connectivity index (χ0) is 13.7. The molecule has 1 rings (SSSR count). The molecular weight excluding hydrogens is 263 g/mol. The van der Waals surface area contributed by atoms with E-state index in [0.717, 1.165) is 6.07 Å². The van der Waals surface area contributed by atoms with Crippen molar-refractivity contribution in [2.45, 2.75) is 0 Å². The van der Waals surface area contributed by atoms with Gasteiger partial charge in [-0.05, 0) is 12.1 Å². The van der Waals surface area contributed by atoms with Crippen molar-refractivity contribution >= 4 is 29.3 Å². The van der Waals surface area contributed by atoms with Crippen molar-refractivity contribution in [2.24, 2.45) is 0 Å². The molecule has 0 unspecified atom stereocenters. The summed E-state index contributed by atoms with van der Waals surface area (Å²) in [4.78, 5) is 22.2. The molecular formula is C11H10ClFN2O3. The van der Waals surface area contributed by atoms with Crippen molar-refractivity contribution in [3.05, 3.63) is 41.2 Å². The Kier molecular flexibility index (Phi) is 4.67. The van der Waals surface area contributed by atoms with E-state index in [4.69, 9.17) is 16.7 Å². The third-order valence-corrected chi connectivity index (χ3v) is 2.05. The normalized spacial score (nSPS) is 9.67.